The molecule has 0 saturated carbocycles. The van der Waals surface area contributed by atoms with Crippen LogP contribution < -0.4 is 5.73 Å². The van der Waals surface area contributed by atoms with Crippen molar-refractivity contribution in [2.75, 3.05) is 18.8 Å². The molecule has 2 atom stereocenters. The summed E-state index contributed by atoms with van der Waals surface area (Å²) in [6.07, 6.45) is 1.50. The van der Waals surface area contributed by atoms with Crippen molar-refractivity contribution in [3.05, 3.63) is 65.7 Å². The minimum Gasteiger partial charge on any atom is -0.399 e. The van der Waals surface area contributed by atoms with Crippen LogP contribution >= 0.6 is 0 Å². The second-order valence-corrected chi connectivity index (χ2v) is 6.54. The Kier molecular flexibility index (Phi) is 4.65. The summed E-state index contributed by atoms with van der Waals surface area (Å²) in [4.78, 5) is 14.6. The topological polar surface area (TPSA) is 46.3 Å². The van der Waals surface area contributed by atoms with Gasteiger partial charge in [-0.2, -0.15) is 0 Å². The van der Waals surface area contributed by atoms with E-state index in [0.29, 0.717) is 18.3 Å². The molecule has 1 aliphatic rings. The van der Waals surface area contributed by atoms with E-state index in [4.69, 9.17) is 5.73 Å². The normalized spacial score (nSPS) is 21.2. The Balaban J connectivity index is 1.61. The number of nitrogens with two attached hydrogens (primary N) is 1. The average Bonchev–Trinajstić information content (AvgIpc) is 2.57. The van der Waals surface area contributed by atoms with Crippen LogP contribution in [0.25, 0.3) is 0 Å². The van der Waals surface area contributed by atoms with Crippen LogP contribution in [-0.4, -0.2) is 23.9 Å². The molecule has 3 nitrogen and oxygen atoms in total. The number of hydrogen-bond acceptors (Lipinski definition) is 2. The molecule has 0 bridgehead atoms. The number of nitrogen functional groups attached to an aromatic ring is 1. The maximum Gasteiger partial charge on any atom is 0.226 e. The van der Waals surface area contributed by atoms with Crippen molar-refractivity contribution in [3.63, 3.8) is 0 Å². The maximum atomic E-state index is 12.5. The van der Waals surface area contributed by atoms with Gasteiger partial charge >= 0.3 is 0 Å². The third-order valence-electron chi connectivity index (χ3n) is 4.82. The average molecular weight is 308 g/mol. The summed E-state index contributed by atoms with van der Waals surface area (Å²) >= 11 is 0. The van der Waals surface area contributed by atoms with E-state index in [0.717, 1.165) is 30.8 Å². The lowest BCUT2D eigenvalue weighted by Crippen LogP contribution is -2.42. The highest BCUT2D eigenvalue weighted by atomic mass is 16.2. The first kappa shape index (κ1) is 15.6. The van der Waals surface area contributed by atoms with Crippen molar-refractivity contribution in [3.8, 4) is 0 Å². The summed E-state index contributed by atoms with van der Waals surface area (Å²) in [6, 6.07) is 18.2. The Hall–Kier alpha value is -2.29. The second-order valence-electron chi connectivity index (χ2n) is 6.54. The van der Waals surface area contributed by atoms with Gasteiger partial charge in [-0.1, -0.05) is 49.4 Å². The van der Waals surface area contributed by atoms with E-state index < -0.39 is 0 Å². The zero-order valence-electron chi connectivity index (χ0n) is 13.6. The summed E-state index contributed by atoms with van der Waals surface area (Å²) in [5.41, 5.74) is 8.85. The molecule has 1 heterocycles. The van der Waals surface area contributed by atoms with Crippen molar-refractivity contribution in [2.24, 2.45) is 5.92 Å². The molecular weight excluding hydrogens is 284 g/mol. The highest BCUT2D eigenvalue weighted by Gasteiger charge is 2.29. The third-order valence-corrected chi connectivity index (χ3v) is 4.82. The number of nitrogens with zero attached hydrogens (tertiary/aromatic N) is 1. The SMILES string of the molecule is CC1CN(C(=O)Cc2ccc(N)cc2)CCC1c1ccccc1. The molecule has 120 valence electrons. The van der Waals surface area contributed by atoms with Gasteiger partial charge in [0.1, 0.15) is 0 Å². The van der Waals surface area contributed by atoms with Crippen LogP contribution in [0.3, 0.4) is 0 Å². The van der Waals surface area contributed by atoms with E-state index in [-0.39, 0.29) is 5.91 Å². The zero-order valence-corrected chi connectivity index (χ0v) is 13.6. The van der Waals surface area contributed by atoms with E-state index in [1.807, 2.05) is 29.2 Å². The van der Waals surface area contributed by atoms with E-state index in [1.54, 1.807) is 0 Å². The first-order valence-electron chi connectivity index (χ1n) is 8.30. The molecule has 2 N–H and O–H groups in total. The number of anilines is 1. The number of piperidine rings is 1. The number of likely N-dealkylation sites (tertiary alicyclic amines) is 1. The largest absolute Gasteiger partial charge is 0.399 e. The molecule has 2 aromatic carbocycles. The Morgan fingerprint density at radius 3 is 2.48 bits per heavy atom. The molecule has 0 aliphatic carbocycles. The van der Waals surface area contributed by atoms with Crippen molar-refractivity contribution in [2.45, 2.75) is 25.7 Å². The maximum absolute atomic E-state index is 12.5. The fourth-order valence-electron chi connectivity index (χ4n) is 3.49. The number of benzene rings is 2. The van der Waals surface area contributed by atoms with Crippen LogP contribution in [0.1, 0.15) is 30.4 Å². The molecule has 3 rings (SSSR count). The molecule has 0 radical (unpaired) electrons. The van der Waals surface area contributed by atoms with E-state index in [9.17, 15) is 4.79 Å². The van der Waals surface area contributed by atoms with E-state index in [2.05, 4.69) is 37.3 Å². The molecule has 0 spiro atoms. The first-order chi connectivity index (χ1) is 11.1. The summed E-state index contributed by atoms with van der Waals surface area (Å²) in [5.74, 6) is 1.26. The molecule has 0 aromatic heterocycles. The third kappa shape index (κ3) is 3.73. The van der Waals surface area contributed by atoms with Gasteiger partial charge in [0.25, 0.3) is 0 Å². The number of carbonyl (C=O) groups is 1. The summed E-state index contributed by atoms with van der Waals surface area (Å²) in [6.45, 7) is 3.94. The minimum absolute atomic E-state index is 0.216. The molecule has 23 heavy (non-hydrogen) atoms. The fraction of sp³-hybridized carbons (Fsp3) is 0.350. The number of hydrogen-bond donors (Lipinski definition) is 1. The van der Waals surface area contributed by atoms with Crippen molar-refractivity contribution in [1.82, 2.24) is 4.90 Å². The monoisotopic (exact) mass is 308 g/mol. The predicted molar refractivity (Wildman–Crippen MR) is 94.1 cm³/mol. The molecule has 2 aromatic rings. The van der Waals surface area contributed by atoms with Crippen molar-refractivity contribution >= 4 is 11.6 Å². The number of rotatable bonds is 3. The van der Waals surface area contributed by atoms with Crippen LogP contribution in [0.15, 0.2) is 54.6 Å². The predicted octanol–water partition coefficient (Wildman–Crippen LogP) is 3.46. The number of carbonyl (C=O) groups excluding carboxylic acids is 1. The van der Waals surface area contributed by atoms with Gasteiger partial charge in [-0.05, 0) is 41.5 Å². The molecule has 3 heteroatoms. The molecule has 1 saturated heterocycles. The standard InChI is InChI=1S/C20H24N2O/c1-15-14-22(12-11-19(15)17-5-3-2-4-6-17)20(23)13-16-7-9-18(21)10-8-16/h2-10,15,19H,11-14,21H2,1H3. The first-order valence-corrected chi connectivity index (χ1v) is 8.30. The van der Waals surface area contributed by atoms with Gasteiger partial charge in [0.05, 0.1) is 6.42 Å². The van der Waals surface area contributed by atoms with Crippen LogP contribution in [-0.2, 0) is 11.2 Å². The fourth-order valence-corrected chi connectivity index (χ4v) is 3.49. The highest BCUT2D eigenvalue weighted by molar-refractivity contribution is 5.79. The van der Waals surface area contributed by atoms with Crippen molar-refractivity contribution < 1.29 is 4.79 Å². The van der Waals surface area contributed by atoms with Gasteiger partial charge in [-0.3, -0.25) is 4.79 Å². The second kappa shape index (κ2) is 6.86. The molecular formula is C20H24N2O. The molecule has 1 amide bonds. The number of amides is 1. The van der Waals surface area contributed by atoms with E-state index in [1.165, 1.54) is 5.56 Å². The summed E-state index contributed by atoms with van der Waals surface area (Å²) < 4.78 is 0. The molecule has 1 fully saturated rings. The minimum atomic E-state index is 0.216. The lowest BCUT2D eigenvalue weighted by Gasteiger charge is -2.37. The van der Waals surface area contributed by atoms with Gasteiger partial charge in [0, 0.05) is 18.8 Å². The Bertz CT molecular complexity index is 651. The summed E-state index contributed by atoms with van der Waals surface area (Å²) in [7, 11) is 0. The zero-order chi connectivity index (χ0) is 16.2. The summed E-state index contributed by atoms with van der Waals surface area (Å²) in [5, 5.41) is 0. The van der Waals surface area contributed by atoms with Crippen molar-refractivity contribution in [1.29, 1.82) is 0 Å². The van der Waals surface area contributed by atoms with Gasteiger partial charge in [-0.15, -0.1) is 0 Å². The van der Waals surface area contributed by atoms with Crippen LogP contribution in [0.4, 0.5) is 5.69 Å². The van der Waals surface area contributed by atoms with Gasteiger partial charge in [-0.25, -0.2) is 0 Å². The van der Waals surface area contributed by atoms with Gasteiger partial charge in [0.2, 0.25) is 5.91 Å². The lowest BCUT2D eigenvalue weighted by atomic mass is 9.81. The van der Waals surface area contributed by atoms with Crippen LogP contribution in [0.2, 0.25) is 0 Å². The smallest absolute Gasteiger partial charge is 0.226 e. The van der Waals surface area contributed by atoms with Crippen LogP contribution in [0, 0.1) is 5.92 Å². The van der Waals surface area contributed by atoms with E-state index >= 15 is 0 Å². The quantitative estimate of drug-likeness (QED) is 0.883. The molecule has 2 unspecified atom stereocenters. The van der Waals surface area contributed by atoms with Gasteiger partial charge in [0.15, 0.2) is 0 Å². The highest BCUT2D eigenvalue weighted by Crippen LogP contribution is 2.32. The van der Waals surface area contributed by atoms with Crippen LogP contribution in [0.5, 0.6) is 0 Å². The lowest BCUT2D eigenvalue weighted by molar-refractivity contribution is -0.132. The molecule has 1 aliphatic heterocycles. The Morgan fingerprint density at radius 1 is 1.13 bits per heavy atom. The Morgan fingerprint density at radius 2 is 1.83 bits per heavy atom. The van der Waals surface area contributed by atoms with Gasteiger partial charge < -0.3 is 10.6 Å². The Labute approximate surface area is 138 Å².